The summed E-state index contributed by atoms with van der Waals surface area (Å²) in [5, 5.41) is 36.2. The molecule has 0 aromatic carbocycles. The van der Waals surface area contributed by atoms with Gasteiger partial charge in [-0.15, -0.1) is 0 Å². The molecule has 0 spiro atoms. The topological polar surface area (TPSA) is 90.2 Å². The first-order valence-corrected chi connectivity index (χ1v) is 3.32. The molecule has 1 aliphatic heterocycles. The van der Waals surface area contributed by atoms with Gasteiger partial charge in [0, 0.05) is 0 Å². The van der Waals surface area contributed by atoms with E-state index in [2.05, 4.69) is 0 Å². The van der Waals surface area contributed by atoms with Gasteiger partial charge in [-0.05, 0) is 0 Å². The van der Waals surface area contributed by atoms with Gasteiger partial charge >= 0.3 is 0 Å². The fraction of sp³-hybridized carbons (Fsp3) is 1.00. The van der Waals surface area contributed by atoms with Crippen LogP contribution in [0.2, 0.25) is 0 Å². The molecule has 0 aromatic rings. The summed E-state index contributed by atoms with van der Waals surface area (Å²) in [5.41, 5.74) is -3.44. The van der Waals surface area contributed by atoms with E-state index in [9.17, 15) is 10.2 Å². The van der Waals surface area contributed by atoms with Crippen LogP contribution < -0.4 is 0 Å². The highest BCUT2D eigenvalue weighted by molar-refractivity contribution is 5.03. The molecule has 1 fully saturated rings. The summed E-state index contributed by atoms with van der Waals surface area (Å²) >= 11 is 0. The van der Waals surface area contributed by atoms with Crippen LogP contribution in [0.1, 0.15) is 0 Å². The highest BCUT2D eigenvalue weighted by atomic mass is 16.5. The van der Waals surface area contributed by atoms with Crippen LogP contribution >= 0.6 is 0 Å². The second kappa shape index (κ2) is 2.69. The summed E-state index contributed by atoms with van der Waals surface area (Å²) in [4.78, 5) is 0. The van der Waals surface area contributed by atoms with Gasteiger partial charge in [-0.1, -0.05) is 0 Å². The van der Waals surface area contributed by atoms with Crippen molar-refractivity contribution in [2.75, 3.05) is 26.4 Å². The van der Waals surface area contributed by atoms with Crippen LogP contribution in [0.5, 0.6) is 0 Å². The third kappa shape index (κ3) is 1.15. The monoisotopic (exact) mass is 164 g/mol. The fourth-order valence-electron chi connectivity index (χ4n) is 1.04. The normalized spacial score (nSPS) is 44.7. The Morgan fingerprint density at radius 1 is 1.00 bits per heavy atom. The molecule has 11 heavy (non-hydrogen) atoms. The lowest BCUT2D eigenvalue weighted by Crippen LogP contribution is -2.58. The smallest absolute Gasteiger partial charge is 0.144 e. The van der Waals surface area contributed by atoms with E-state index in [0.717, 1.165) is 0 Å². The van der Waals surface area contributed by atoms with Crippen LogP contribution in [0, 0.1) is 0 Å². The molecule has 66 valence electrons. The molecule has 1 aliphatic rings. The lowest BCUT2D eigenvalue weighted by molar-refractivity contribution is -0.158. The number of hydrogen-bond donors (Lipinski definition) is 4. The van der Waals surface area contributed by atoms with Crippen molar-refractivity contribution in [3.05, 3.63) is 0 Å². The van der Waals surface area contributed by atoms with E-state index in [4.69, 9.17) is 14.9 Å². The third-order valence-corrected chi connectivity index (χ3v) is 2.07. The highest BCUT2D eigenvalue weighted by Gasteiger charge is 2.53. The standard InChI is InChI=1S/C6H12O5/c7-1-5(9)3-11-4-6(5,10)2-8/h7-10H,1-4H2. The molecular weight excluding hydrogens is 152 g/mol. The van der Waals surface area contributed by atoms with E-state index < -0.39 is 24.4 Å². The highest BCUT2D eigenvalue weighted by Crippen LogP contribution is 2.28. The summed E-state index contributed by atoms with van der Waals surface area (Å²) < 4.78 is 4.74. The van der Waals surface area contributed by atoms with Gasteiger partial charge in [-0.2, -0.15) is 0 Å². The molecule has 0 aliphatic carbocycles. The maximum absolute atomic E-state index is 9.43. The maximum atomic E-state index is 9.43. The van der Waals surface area contributed by atoms with Gasteiger partial charge in [0.2, 0.25) is 0 Å². The Kier molecular flexibility index (Phi) is 2.17. The molecular formula is C6H12O5. The van der Waals surface area contributed by atoms with Gasteiger partial charge in [-0.3, -0.25) is 0 Å². The molecule has 2 atom stereocenters. The van der Waals surface area contributed by atoms with Crippen molar-refractivity contribution >= 4 is 0 Å². The zero-order valence-corrected chi connectivity index (χ0v) is 6.03. The molecule has 0 saturated carbocycles. The number of rotatable bonds is 2. The molecule has 0 bridgehead atoms. The van der Waals surface area contributed by atoms with Gasteiger partial charge in [0.05, 0.1) is 26.4 Å². The molecule has 0 radical (unpaired) electrons. The summed E-state index contributed by atoms with van der Waals surface area (Å²) in [7, 11) is 0. The molecule has 2 unspecified atom stereocenters. The van der Waals surface area contributed by atoms with E-state index in [-0.39, 0.29) is 13.2 Å². The third-order valence-electron chi connectivity index (χ3n) is 2.07. The fourth-order valence-corrected chi connectivity index (χ4v) is 1.04. The summed E-state index contributed by atoms with van der Waals surface area (Å²) in [5.74, 6) is 0. The SMILES string of the molecule is OCC1(O)COCC1(O)CO. The van der Waals surface area contributed by atoms with E-state index in [1.54, 1.807) is 0 Å². The molecule has 0 amide bonds. The zero-order valence-electron chi connectivity index (χ0n) is 6.03. The number of aliphatic hydroxyl groups excluding tert-OH is 2. The Morgan fingerprint density at radius 2 is 1.36 bits per heavy atom. The van der Waals surface area contributed by atoms with Gasteiger partial charge < -0.3 is 25.2 Å². The minimum absolute atomic E-state index is 0.152. The van der Waals surface area contributed by atoms with E-state index in [1.807, 2.05) is 0 Å². The Labute approximate surface area is 63.8 Å². The van der Waals surface area contributed by atoms with Gasteiger partial charge in [0.1, 0.15) is 11.2 Å². The number of aliphatic hydroxyl groups is 4. The van der Waals surface area contributed by atoms with Crippen molar-refractivity contribution in [2.24, 2.45) is 0 Å². The molecule has 1 saturated heterocycles. The van der Waals surface area contributed by atoms with Crippen LogP contribution in [0.3, 0.4) is 0 Å². The molecule has 5 nitrogen and oxygen atoms in total. The van der Waals surface area contributed by atoms with Crippen LogP contribution in [0.4, 0.5) is 0 Å². The largest absolute Gasteiger partial charge is 0.393 e. The predicted molar refractivity (Wildman–Crippen MR) is 34.9 cm³/mol. The Hall–Kier alpha value is -0.200. The molecule has 0 aromatic heterocycles. The van der Waals surface area contributed by atoms with Crippen molar-refractivity contribution in [1.82, 2.24) is 0 Å². The van der Waals surface area contributed by atoms with Crippen molar-refractivity contribution in [1.29, 1.82) is 0 Å². The van der Waals surface area contributed by atoms with E-state index >= 15 is 0 Å². The summed E-state index contributed by atoms with van der Waals surface area (Å²) in [6.45, 7) is -1.55. The number of ether oxygens (including phenoxy) is 1. The quantitative estimate of drug-likeness (QED) is 0.361. The second-order valence-corrected chi connectivity index (χ2v) is 2.87. The second-order valence-electron chi connectivity index (χ2n) is 2.87. The molecule has 5 heteroatoms. The van der Waals surface area contributed by atoms with Crippen molar-refractivity contribution in [3.8, 4) is 0 Å². The molecule has 1 heterocycles. The minimum Gasteiger partial charge on any atom is -0.393 e. The van der Waals surface area contributed by atoms with Crippen LogP contribution in [0.25, 0.3) is 0 Å². The minimum atomic E-state index is -1.72. The zero-order chi connectivity index (χ0) is 8.54. The first kappa shape index (κ1) is 8.89. The van der Waals surface area contributed by atoms with Crippen molar-refractivity contribution in [2.45, 2.75) is 11.2 Å². The lowest BCUT2D eigenvalue weighted by Gasteiger charge is -2.32. The average Bonchev–Trinajstić information content (AvgIpc) is 2.31. The van der Waals surface area contributed by atoms with Crippen LogP contribution in [-0.2, 0) is 4.74 Å². The Morgan fingerprint density at radius 3 is 1.64 bits per heavy atom. The van der Waals surface area contributed by atoms with E-state index in [1.165, 1.54) is 0 Å². The number of hydrogen-bond acceptors (Lipinski definition) is 5. The van der Waals surface area contributed by atoms with Gasteiger partial charge in [0.15, 0.2) is 0 Å². The van der Waals surface area contributed by atoms with Crippen molar-refractivity contribution in [3.63, 3.8) is 0 Å². The molecule has 4 N–H and O–H groups in total. The van der Waals surface area contributed by atoms with Gasteiger partial charge in [-0.25, -0.2) is 0 Å². The summed E-state index contributed by atoms with van der Waals surface area (Å²) in [6.07, 6.45) is 0. The first-order chi connectivity index (χ1) is 5.08. The predicted octanol–water partition coefficient (Wildman–Crippen LogP) is -2.54. The van der Waals surface area contributed by atoms with Gasteiger partial charge in [0.25, 0.3) is 0 Å². The first-order valence-electron chi connectivity index (χ1n) is 3.32. The van der Waals surface area contributed by atoms with E-state index in [0.29, 0.717) is 0 Å². The van der Waals surface area contributed by atoms with Crippen molar-refractivity contribution < 1.29 is 25.2 Å². The van der Waals surface area contributed by atoms with Crippen LogP contribution in [0.15, 0.2) is 0 Å². The Balaban J connectivity index is 2.79. The molecule has 1 rings (SSSR count). The average molecular weight is 164 g/mol. The lowest BCUT2D eigenvalue weighted by atomic mass is 9.87. The van der Waals surface area contributed by atoms with Crippen LogP contribution in [-0.4, -0.2) is 58.1 Å². The Bertz CT molecular complexity index is 134. The maximum Gasteiger partial charge on any atom is 0.144 e. The summed E-state index contributed by atoms with van der Waals surface area (Å²) in [6, 6.07) is 0.